The van der Waals surface area contributed by atoms with Crippen LogP contribution in [0.5, 0.6) is 5.75 Å². The lowest BCUT2D eigenvalue weighted by molar-refractivity contribution is 0.0185. The van der Waals surface area contributed by atoms with Crippen LogP contribution in [-0.4, -0.2) is 31.9 Å². The Hall–Kier alpha value is -1.06. The van der Waals surface area contributed by atoms with Crippen LogP contribution in [0.4, 0.5) is 0 Å². The highest BCUT2D eigenvalue weighted by Crippen LogP contribution is 2.28. The van der Waals surface area contributed by atoms with Gasteiger partial charge in [-0.05, 0) is 49.4 Å². The first-order valence-electron chi connectivity index (χ1n) is 8.19. The number of hydrogen-bond donors (Lipinski definition) is 1. The monoisotopic (exact) mass is 291 g/mol. The minimum absolute atomic E-state index is 0.231. The predicted molar refractivity (Wildman–Crippen MR) is 87.2 cm³/mol. The van der Waals surface area contributed by atoms with E-state index in [0.717, 1.165) is 31.7 Å². The fourth-order valence-corrected chi connectivity index (χ4v) is 2.78. The Bertz CT molecular complexity index is 445. The van der Waals surface area contributed by atoms with Gasteiger partial charge in [0.15, 0.2) is 0 Å². The van der Waals surface area contributed by atoms with Crippen molar-refractivity contribution in [3.8, 4) is 5.75 Å². The van der Waals surface area contributed by atoms with E-state index in [2.05, 4.69) is 51.2 Å². The number of nitrogens with one attached hydrogen (secondary N) is 1. The van der Waals surface area contributed by atoms with Crippen molar-refractivity contribution in [2.24, 2.45) is 0 Å². The van der Waals surface area contributed by atoms with Crippen molar-refractivity contribution >= 4 is 0 Å². The minimum Gasteiger partial charge on any atom is -0.491 e. The van der Waals surface area contributed by atoms with Crippen molar-refractivity contribution < 1.29 is 9.47 Å². The second-order valence-electron chi connectivity index (χ2n) is 6.27. The fourth-order valence-electron chi connectivity index (χ4n) is 2.78. The van der Waals surface area contributed by atoms with Crippen LogP contribution in [0.25, 0.3) is 0 Å². The van der Waals surface area contributed by atoms with Crippen molar-refractivity contribution in [2.45, 2.75) is 58.7 Å². The van der Waals surface area contributed by atoms with Gasteiger partial charge >= 0.3 is 0 Å². The molecule has 2 unspecified atom stereocenters. The highest BCUT2D eigenvalue weighted by atomic mass is 16.5. The number of hydrogen-bond acceptors (Lipinski definition) is 3. The maximum Gasteiger partial charge on any atom is 0.123 e. The molecule has 1 aromatic rings. The van der Waals surface area contributed by atoms with Crippen LogP contribution in [0, 0.1) is 6.92 Å². The maximum atomic E-state index is 6.07. The molecule has 1 fully saturated rings. The lowest BCUT2D eigenvalue weighted by atomic mass is 10.0. The second-order valence-corrected chi connectivity index (χ2v) is 6.27. The molecule has 0 amide bonds. The molecule has 0 radical (unpaired) electrons. The summed E-state index contributed by atoms with van der Waals surface area (Å²) in [6.07, 6.45) is 2.81. The summed E-state index contributed by atoms with van der Waals surface area (Å²) in [5.74, 6) is 1.50. The largest absolute Gasteiger partial charge is 0.491 e. The zero-order valence-corrected chi connectivity index (χ0v) is 13.8. The zero-order chi connectivity index (χ0) is 15.2. The van der Waals surface area contributed by atoms with E-state index in [0.29, 0.717) is 18.6 Å². The van der Waals surface area contributed by atoms with Crippen molar-refractivity contribution in [1.82, 2.24) is 5.32 Å². The highest BCUT2D eigenvalue weighted by molar-refractivity contribution is 5.39. The van der Waals surface area contributed by atoms with E-state index in [1.807, 2.05) is 0 Å². The first-order valence-corrected chi connectivity index (χ1v) is 8.19. The third kappa shape index (κ3) is 4.72. The smallest absolute Gasteiger partial charge is 0.123 e. The third-order valence-corrected chi connectivity index (χ3v) is 4.03. The topological polar surface area (TPSA) is 30.5 Å². The Morgan fingerprint density at radius 2 is 2.05 bits per heavy atom. The Kier molecular flexibility index (Phi) is 6.07. The SMILES string of the molecule is CCNCC1CCC(COc2cc(C)ccc2C(C)C)O1. The van der Waals surface area contributed by atoms with Gasteiger partial charge in [-0.15, -0.1) is 0 Å². The molecule has 2 rings (SSSR count). The van der Waals surface area contributed by atoms with Gasteiger partial charge in [-0.3, -0.25) is 0 Å². The van der Waals surface area contributed by atoms with Crippen LogP contribution in [-0.2, 0) is 4.74 Å². The summed E-state index contributed by atoms with van der Waals surface area (Å²) >= 11 is 0. The summed E-state index contributed by atoms with van der Waals surface area (Å²) in [7, 11) is 0. The molecule has 1 N–H and O–H groups in total. The lowest BCUT2D eigenvalue weighted by Crippen LogP contribution is -2.28. The van der Waals surface area contributed by atoms with Gasteiger partial charge in [-0.25, -0.2) is 0 Å². The minimum atomic E-state index is 0.231. The Morgan fingerprint density at radius 3 is 2.76 bits per heavy atom. The lowest BCUT2D eigenvalue weighted by Gasteiger charge is -2.18. The van der Waals surface area contributed by atoms with E-state index in [1.54, 1.807) is 0 Å². The molecule has 0 saturated carbocycles. The quantitative estimate of drug-likeness (QED) is 0.831. The van der Waals surface area contributed by atoms with Crippen LogP contribution >= 0.6 is 0 Å². The average Bonchev–Trinajstić information content (AvgIpc) is 2.90. The standard InChI is InChI=1S/C18H29NO2/c1-5-19-11-15-7-8-16(21-15)12-20-18-10-14(4)6-9-17(18)13(2)3/h6,9-10,13,15-16,19H,5,7-8,11-12H2,1-4H3. The van der Waals surface area contributed by atoms with E-state index >= 15 is 0 Å². The molecule has 3 nitrogen and oxygen atoms in total. The van der Waals surface area contributed by atoms with Gasteiger partial charge in [0.2, 0.25) is 0 Å². The molecule has 0 aliphatic carbocycles. The maximum absolute atomic E-state index is 6.07. The molecule has 21 heavy (non-hydrogen) atoms. The molecule has 0 spiro atoms. The average molecular weight is 291 g/mol. The Balaban J connectivity index is 1.87. The zero-order valence-electron chi connectivity index (χ0n) is 13.8. The number of ether oxygens (including phenoxy) is 2. The first-order chi connectivity index (χ1) is 10.1. The van der Waals surface area contributed by atoms with Crippen molar-refractivity contribution in [3.63, 3.8) is 0 Å². The number of benzene rings is 1. The summed E-state index contributed by atoms with van der Waals surface area (Å²) in [6, 6.07) is 6.47. The molecule has 1 heterocycles. The second kappa shape index (κ2) is 7.81. The van der Waals surface area contributed by atoms with Gasteiger partial charge in [0.05, 0.1) is 12.2 Å². The summed E-state index contributed by atoms with van der Waals surface area (Å²) in [6.45, 7) is 11.3. The predicted octanol–water partition coefficient (Wildman–Crippen LogP) is 3.65. The van der Waals surface area contributed by atoms with Gasteiger partial charge in [0.25, 0.3) is 0 Å². The van der Waals surface area contributed by atoms with Gasteiger partial charge in [-0.2, -0.15) is 0 Å². The van der Waals surface area contributed by atoms with Crippen LogP contribution in [0.1, 0.15) is 50.7 Å². The van der Waals surface area contributed by atoms with E-state index < -0.39 is 0 Å². The van der Waals surface area contributed by atoms with Crippen molar-refractivity contribution in [1.29, 1.82) is 0 Å². The fraction of sp³-hybridized carbons (Fsp3) is 0.667. The molecule has 0 bridgehead atoms. The molecular weight excluding hydrogens is 262 g/mol. The third-order valence-electron chi connectivity index (χ3n) is 4.03. The highest BCUT2D eigenvalue weighted by Gasteiger charge is 2.25. The van der Waals surface area contributed by atoms with Crippen LogP contribution < -0.4 is 10.1 Å². The Labute approximate surface area is 129 Å². The number of rotatable bonds is 7. The molecular formula is C18H29NO2. The summed E-state index contributed by atoms with van der Waals surface area (Å²) in [4.78, 5) is 0. The van der Waals surface area contributed by atoms with E-state index in [9.17, 15) is 0 Å². The number of aryl methyl sites for hydroxylation is 1. The molecule has 1 saturated heterocycles. The summed E-state index contributed by atoms with van der Waals surface area (Å²) in [5, 5.41) is 3.35. The van der Waals surface area contributed by atoms with Crippen LogP contribution in [0.3, 0.4) is 0 Å². The molecule has 1 aromatic carbocycles. The van der Waals surface area contributed by atoms with Gasteiger partial charge in [-0.1, -0.05) is 32.9 Å². The first kappa shape index (κ1) is 16.3. The van der Waals surface area contributed by atoms with E-state index in [1.165, 1.54) is 11.1 Å². The van der Waals surface area contributed by atoms with Gasteiger partial charge in [0, 0.05) is 6.54 Å². The molecule has 1 aliphatic heterocycles. The van der Waals surface area contributed by atoms with Crippen molar-refractivity contribution in [3.05, 3.63) is 29.3 Å². The molecule has 118 valence electrons. The Morgan fingerprint density at radius 1 is 1.29 bits per heavy atom. The summed E-state index contributed by atoms with van der Waals surface area (Å²) < 4.78 is 12.1. The molecule has 3 heteroatoms. The van der Waals surface area contributed by atoms with Crippen LogP contribution in [0.15, 0.2) is 18.2 Å². The number of likely N-dealkylation sites (N-methyl/N-ethyl adjacent to an activating group) is 1. The van der Waals surface area contributed by atoms with Crippen molar-refractivity contribution in [2.75, 3.05) is 19.7 Å². The van der Waals surface area contributed by atoms with E-state index in [-0.39, 0.29) is 6.10 Å². The van der Waals surface area contributed by atoms with Crippen LogP contribution in [0.2, 0.25) is 0 Å². The molecule has 2 atom stereocenters. The van der Waals surface area contributed by atoms with Gasteiger partial charge in [0.1, 0.15) is 12.4 Å². The molecule has 0 aromatic heterocycles. The summed E-state index contributed by atoms with van der Waals surface area (Å²) in [5.41, 5.74) is 2.52. The molecule has 1 aliphatic rings. The van der Waals surface area contributed by atoms with Gasteiger partial charge < -0.3 is 14.8 Å². The normalized spacial score (nSPS) is 22.0. The van der Waals surface area contributed by atoms with E-state index in [4.69, 9.17) is 9.47 Å².